The van der Waals surface area contributed by atoms with E-state index in [-0.39, 0.29) is 11.1 Å². The van der Waals surface area contributed by atoms with E-state index in [1.807, 2.05) is 0 Å². The van der Waals surface area contributed by atoms with Crippen LogP contribution in [0.3, 0.4) is 0 Å². The lowest BCUT2D eigenvalue weighted by atomic mass is 9.77. The van der Waals surface area contributed by atoms with Crippen molar-refractivity contribution in [2.24, 2.45) is 5.92 Å². The summed E-state index contributed by atoms with van der Waals surface area (Å²) < 4.78 is 6.40. The Balaban J connectivity index is 2.01. The lowest BCUT2D eigenvalue weighted by molar-refractivity contribution is 0.201. The van der Waals surface area contributed by atoms with Crippen LogP contribution < -0.4 is 0 Å². The van der Waals surface area contributed by atoms with Crippen LogP contribution in [0.15, 0.2) is 0 Å². The molecule has 1 aliphatic carbocycles. The van der Waals surface area contributed by atoms with Gasteiger partial charge in [0.2, 0.25) is 0 Å². The highest BCUT2D eigenvalue weighted by molar-refractivity contribution is 7.11. The zero-order chi connectivity index (χ0) is 15.1. The van der Waals surface area contributed by atoms with Crippen LogP contribution in [0.2, 0.25) is 18.1 Å². The average molecular weight is 313 g/mol. The third-order valence-corrected chi connectivity index (χ3v) is 10.6. The molecule has 1 heterocycles. The Morgan fingerprint density at radius 1 is 1.25 bits per heavy atom. The number of nitrogens with zero attached hydrogens (tertiary/aromatic N) is 2. The molecule has 1 atom stereocenters. The number of rotatable bonds is 4. The van der Waals surface area contributed by atoms with Crippen molar-refractivity contribution in [3.05, 3.63) is 10.0 Å². The molecule has 0 aromatic carbocycles. The van der Waals surface area contributed by atoms with Crippen molar-refractivity contribution in [2.45, 2.75) is 77.6 Å². The van der Waals surface area contributed by atoms with Crippen molar-refractivity contribution in [3.8, 4) is 0 Å². The van der Waals surface area contributed by atoms with E-state index in [2.05, 4.69) is 57.9 Å². The van der Waals surface area contributed by atoms with Gasteiger partial charge < -0.3 is 4.43 Å². The number of hydrogen-bond acceptors (Lipinski definition) is 4. The maximum Gasteiger partial charge on any atom is 0.193 e. The van der Waals surface area contributed by atoms with Gasteiger partial charge in [0.25, 0.3) is 0 Å². The number of hydrogen-bond donors (Lipinski definition) is 0. The highest BCUT2D eigenvalue weighted by atomic mass is 32.1. The molecule has 3 nitrogen and oxygen atoms in total. The molecule has 1 fully saturated rings. The molecule has 114 valence electrons. The van der Waals surface area contributed by atoms with Crippen molar-refractivity contribution in [3.63, 3.8) is 0 Å². The first-order valence-electron chi connectivity index (χ1n) is 7.61. The van der Waals surface area contributed by atoms with E-state index in [0.717, 1.165) is 10.9 Å². The fraction of sp³-hybridized carbons (Fsp3) is 0.867. The largest absolute Gasteiger partial charge is 0.408 e. The Morgan fingerprint density at radius 3 is 2.35 bits per heavy atom. The molecule has 0 N–H and O–H groups in total. The van der Waals surface area contributed by atoms with E-state index in [4.69, 9.17) is 4.43 Å². The second kappa shape index (κ2) is 5.50. The molecule has 0 saturated heterocycles. The average Bonchev–Trinajstić information content (AvgIpc) is 2.71. The molecular weight excluding hydrogens is 284 g/mol. The van der Waals surface area contributed by atoms with Gasteiger partial charge in [0.15, 0.2) is 8.32 Å². The van der Waals surface area contributed by atoms with E-state index in [9.17, 15) is 0 Å². The van der Waals surface area contributed by atoms with Crippen LogP contribution in [-0.2, 0) is 4.43 Å². The third kappa shape index (κ3) is 3.31. The Labute approximate surface area is 128 Å². The minimum atomic E-state index is -1.74. The Hall–Kier alpha value is -0.263. The van der Waals surface area contributed by atoms with Crippen LogP contribution in [0.4, 0.5) is 0 Å². The standard InChI is InChI=1S/C15H28N2OSSi/c1-10-8-12(9-10)14-17-16-13(19-14)11(2)18-20(6,7)15(3,4)5/h10-12H,8-9H2,1-7H3/t10?,11-,12?/m0/s1. The summed E-state index contributed by atoms with van der Waals surface area (Å²) in [4.78, 5) is 0. The zero-order valence-corrected chi connectivity index (χ0v) is 15.7. The van der Waals surface area contributed by atoms with Gasteiger partial charge in [-0.3, -0.25) is 0 Å². The molecule has 0 amide bonds. The molecule has 1 saturated carbocycles. The predicted molar refractivity (Wildman–Crippen MR) is 87.7 cm³/mol. The molecule has 5 heteroatoms. The van der Waals surface area contributed by atoms with Gasteiger partial charge in [0.05, 0.1) is 6.10 Å². The first kappa shape index (κ1) is 16.1. The van der Waals surface area contributed by atoms with Gasteiger partial charge >= 0.3 is 0 Å². The molecule has 2 rings (SSSR count). The van der Waals surface area contributed by atoms with Crippen LogP contribution >= 0.6 is 11.3 Å². The summed E-state index contributed by atoms with van der Waals surface area (Å²) in [6, 6.07) is 0. The summed E-state index contributed by atoms with van der Waals surface area (Å²) in [6.45, 7) is 15.8. The smallest absolute Gasteiger partial charge is 0.193 e. The van der Waals surface area contributed by atoms with Crippen LogP contribution in [-0.4, -0.2) is 18.5 Å². The molecule has 0 radical (unpaired) electrons. The molecule has 0 aliphatic heterocycles. The van der Waals surface area contributed by atoms with E-state index in [1.54, 1.807) is 11.3 Å². The summed E-state index contributed by atoms with van der Waals surface area (Å²) in [7, 11) is -1.74. The lowest BCUT2D eigenvalue weighted by Crippen LogP contribution is -2.41. The van der Waals surface area contributed by atoms with Gasteiger partial charge in [0, 0.05) is 5.92 Å². The molecule has 1 aliphatic rings. The fourth-order valence-electron chi connectivity index (χ4n) is 2.35. The maximum absolute atomic E-state index is 6.40. The third-order valence-electron chi connectivity index (χ3n) is 4.80. The van der Waals surface area contributed by atoms with Crippen molar-refractivity contribution < 1.29 is 4.43 Å². The van der Waals surface area contributed by atoms with Gasteiger partial charge in [-0.25, -0.2) is 0 Å². The van der Waals surface area contributed by atoms with Crippen molar-refractivity contribution >= 4 is 19.7 Å². The molecule has 1 aromatic heterocycles. The van der Waals surface area contributed by atoms with Crippen molar-refractivity contribution in [1.82, 2.24) is 10.2 Å². The summed E-state index contributed by atoms with van der Waals surface area (Å²) in [5.41, 5.74) is 0. The molecule has 0 unspecified atom stereocenters. The highest BCUT2D eigenvalue weighted by Crippen LogP contribution is 2.44. The Bertz CT molecular complexity index is 461. The van der Waals surface area contributed by atoms with E-state index in [1.165, 1.54) is 17.8 Å². The summed E-state index contributed by atoms with van der Waals surface area (Å²) in [6.07, 6.45) is 2.61. The second-order valence-electron chi connectivity index (χ2n) is 7.77. The lowest BCUT2D eigenvalue weighted by Gasteiger charge is -2.37. The van der Waals surface area contributed by atoms with E-state index >= 15 is 0 Å². The molecule has 20 heavy (non-hydrogen) atoms. The van der Waals surface area contributed by atoms with Gasteiger partial charge in [-0.2, -0.15) is 0 Å². The molecule has 0 bridgehead atoms. The topological polar surface area (TPSA) is 35.0 Å². The minimum absolute atomic E-state index is 0.0691. The normalized spacial score (nSPS) is 25.4. The Kier molecular flexibility index (Phi) is 4.43. The highest BCUT2D eigenvalue weighted by Gasteiger charge is 2.39. The molecular formula is C15H28N2OSSi. The second-order valence-corrected chi connectivity index (χ2v) is 13.6. The SMILES string of the molecule is CC1CC(c2nnc([C@H](C)O[Si](C)(C)C(C)(C)C)s2)C1. The van der Waals surface area contributed by atoms with E-state index < -0.39 is 8.32 Å². The number of aromatic nitrogens is 2. The zero-order valence-electron chi connectivity index (χ0n) is 13.9. The molecule has 1 aromatic rings. The van der Waals surface area contributed by atoms with E-state index in [0.29, 0.717) is 5.92 Å². The van der Waals surface area contributed by atoms with Crippen molar-refractivity contribution in [2.75, 3.05) is 0 Å². The summed E-state index contributed by atoms with van der Waals surface area (Å²) >= 11 is 1.75. The monoisotopic (exact) mass is 312 g/mol. The van der Waals surface area contributed by atoms with Crippen LogP contribution in [0, 0.1) is 5.92 Å². The van der Waals surface area contributed by atoms with Gasteiger partial charge in [-0.05, 0) is 43.8 Å². The molecule has 0 spiro atoms. The quantitative estimate of drug-likeness (QED) is 0.722. The van der Waals surface area contributed by atoms with Crippen molar-refractivity contribution in [1.29, 1.82) is 0 Å². The summed E-state index contributed by atoms with van der Waals surface area (Å²) in [5, 5.41) is 11.3. The first-order chi connectivity index (χ1) is 9.10. The van der Waals surface area contributed by atoms with Crippen LogP contribution in [0.25, 0.3) is 0 Å². The van der Waals surface area contributed by atoms with Crippen LogP contribution in [0.5, 0.6) is 0 Å². The van der Waals surface area contributed by atoms with Gasteiger partial charge in [-0.1, -0.05) is 39.0 Å². The minimum Gasteiger partial charge on any atom is -0.408 e. The Morgan fingerprint density at radius 2 is 1.85 bits per heavy atom. The van der Waals surface area contributed by atoms with Gasteiger partial charge in [0.1, 0.15) is 10.0 Å². The predicted octanol–water partition coefficient (Wildman–Crippen LogP) is 5.13. The first-order valence-corrected chi connectivity index (χ1v) is 11.3. The van der Waals surface area contributed by atoms with Crippen LogP contribution in [0.1, 0.15) is 69.5 Å². The maximum atomic E-state index is 6.40. The van der Waals surface area contributed by atoms with Gasteiger partial charge in [-0.15, -0.1) is 10.2 Å². The summed E-state index contributed by atoms with van der Waals surface area (Å²) in [5.74, 6) is 1.50. The fourth-order valence-corrected chi connectivity index (χ4v) is 4.73.